The zero-order valence-corrected chi connectivity index (χ0v) is 16.7. The molecule has 11 heteroatoms. The van der Waals surface area contributed by atoms with Gasteiger partial charge in [0.05, 0.1) is 9.79 Å². The van der Waals surface area contributed by atoms with Crippen LogP contribution in [-0.2, 0) is 25.8 Å². The standard InChI is InChI=1S/C19H20F3NO6S/c1-28-12-29-17-11-15(8-9-16(17)24)30(26,27)14-6-4-13(5-7-14)3-2-10-23-18(25)19(20,21)22/h4-9,11,24H,2-3,10,12H2,1H3,(H,23,25). The topological polar surface area (TPSA) is 102 Å². The highest BCUT2D eigenvalue weighted by atomic mass is 32.2. The summed E-state index contributed by atoms with van der Waals surface area (Å²) in [5, 5.41) is 11.5. The van der Waals surface area contributed by atoms with Gasteiger partial charge in [0.2, 0.25) is 9.84 Å². The van der Waals surface area contributed by atoms with E-state index >= 15 is 0 Å². The molecule has 0 spiro atoms. The summed E-state index contributed by atoms with van der Waals surface area (Å²) in [4.78, 5) is 10.6. The Balaban J connectivity index is 2.04. The van der Waals surface area contributed by atoms with Crippen LogP contribution in [0.5, 0.6) is 11.5 Å². The third kappa shape index (κ3) is 6.10. The lowest BCUT2D eigenvalue weighted by Crippen LogP contribution is -2.37. The van der Waals surface area contributed by atoms with Crippen LogP contribution in [0.25, 0.3) is 0 Å². The molecule has 0 saturated carbocycles. The number of carbonyl (C=O) groups excluding carboxylic acids is 1. The molecule has 0 aromatic heterocycles. The molecule has 0 aliphatic rings. The maximum atomic E-state index is 12.8. The van der Waals surface area contributed by atoms with Gasteiger partial charge < -0.3 is 19.9 Å². The van der Waals surface area contributed by atoms with Gasteiger partial charge in [0.25, 0.3) is 0 Å². The first-order valence-corrected chi connectivity index (χ1v) is 10.2. The molecule has 0 aliphatic carbocycles. The van der Waals surface area contributed by atoms with Gasteiger partial charge in [-0.15, -0.1) is 0 Å². The second kappa shape index (κ2) is 9.81. The number of aromatic hydroxyl groups is 1. The minimum atomic E-state index is -4.92. The summed E-state index contributed by atoms with van der Waals surface area (Å²) in [5.74, 6) is -2.28. The Kier molecular flexibility index (Phi) is 7.68. The molecule has 1 amide bonds. The number of carbonyl (C=O) groups is 1. The smallest absolute Gasteiger partial charge is 0.471 e. The van der Waals surface area contributed by atoms with Crippen molar-refractivity contribution in [1.82, 2.24) is 5.32 Å². The predicted molar refractivity (Wildman–Crippen MR) is 99.9 cm³/mol. The SMILES string of the molecule is COCOc1cc(S(=O)(=O)c2ccc(CCCNC(=O)C(F)(F)F)cc2)ccc1O. The molecule has 2 N–H and O–H groups in total. The van der Waals surface area contributed by atoms with Gasteiger partial charge in [-0.2, -0.15) is 13.2 Å². The van der Waals surface area contributed by atoms with Crippen molar-refractivity contribution in [3.05, 3.63) is 48.0 Å². The maximum absolute atomic E-state index is 12.8. The van der Waals surface area contributed by atoms with Crippen LogP contribution >= 0.6 is 0 Å². The van der Waals surface area contributed by atoms with E-state index in [9.17, 15) is 31.5 Å². The highest BCUT2D eigenvalue weighted by Crippen LogP contribution is 2.31. The first kappa shape index (κ1) is 23.5. The quantitative estimate of drug-likeness (QED) is 0.453. The summed E-state index contributed by atoms with van der Waals surface area (Å²) in [7, 11) is -2.51. The number of halogens is 3. The lowest BCUT2D eigenvalue weighted by molar-refractivity contribution is -0.173. The van der Waals surface area contributed by atoms with E-state index in [2.05, 4.69) is 0 Å². The molecule has 0 unspecified atom stereocenters. The lowest BCUT2D eigenvalue weighted by atomic mass is 10.1. The van der Waals surface area contributed by atoms with Crippen molar-refractivity contribution in [2.45, 2.75) is 28.8 Å². The Morgan fingerprint density at radius 3 is 2.33 bits per heavy atom. The van der Waals surface area contributed by atoms with Crippen LogP contribution in [-0.4, -0.2) is 46.1 Å². The average Bonchev–Trinajstić information content (AvgIpc) is 2.70. The number of phenolic OH excluding ortho intramolecular Hbond substituents is 1. The van der Waals surface area contributed by atoms with Crippen molar-refractivity contribution in [3.8, 4) is 11.5 Å². The Morgan fingerprint density at radius 1 is 1.10 bits per heavy atom. The van der Waals surface area contributed by atoms with Crippen LogP contribution in [0.1, 0.15) is 12.0 Å². The van der Waals surface area contributed by atoms with E-state index in [1.54, 1.807) is 17.4 Å². The predicted octanol–water partition coefficient (Wildman–Crippen LogP) is 2.82. The first-order chi connectivity index (χ1) is 14.1. The van der Waals surface area contributed by atoms with E-state index in [1.165, 1.54) is 37.4 Å². The zero-order chi connectivity index (χ0) is 22.4. The molecular weight excluding hydrogens is 427 g/mol. The van der Waals surface area contributed by atoms with Crippen LogP contribution in [0.2, 0.25) is 0 Å². The van der Waals surface area contributed by atoms with Crippen LogP contribution in [0.4, 0.5) is 13.2 Å². The summed E-state index contributed by atoms with van der Waals surface area (Å²) in [6.45, 7) is -0.328. The Labute approximate surface area is 171 Å². The minimum absolute atomic E-state index is 0.00000510. The molecule has 0 fully saturated rings. The average molecular weight is 447 g/mol. The van der Waals surface area contributed by atoms with Crippen LogP contribution in [0.15, 0.2) is 52.3 Å². The van der Waals surface area contributed by atoms with Gasteiger partial charge in [-0.25, -0.2) is 8.42 Å². The van der Waals surface area contributed by atoms with Crippen molar-refractivity contribution in [1.29, 1.82) is 0 Å². The molecule has 0 heterocycles. The first-order valence-electron chi connectivity index (χ1n) is 8.69. The minimum Gasteiger partial charge on any atom is -0.504 e. The van der Waals surface area contributed by atoms with Crippen LogP contribution < -0.4 is 10.1 Å². The van der Waals surface area contributed by atoms with E-state index in [1.807, 2.05) is 0 Å². The van der Waals surface area contributed by atoms with E-state index < -0.39 is 21.9 Å². The number of phenols is 1. The Morgan fingerprint density at radius 2 is 1.73 bits per heavy atom. The summed E-state index contributed by atoms with van der Waals surface area (Å²) in [6, 6.07) is 9.45. The third-order valence-electron chi connectivity index (χ3n) is 3.99. The van der Waals surface area contributed by atoms with Gasteiger partial charge in [-0.3, -0.25) is 4.79 Å². The third-order valence-corrected chi connectivity index (χ3v) is 5.76. The fourth-order valence-electron chi connectivity index (χ4n) is 2.47. The monoisotopic (exact) mass is 447 g/mol. The lowest BCUT2D eigenvalue weighted by Gasteiger charge is -2.11. The van der Waals surface area contributed by atoms with Gasteiger partial charge in [0, 0.05) is 19.7 Å². The summed E-state index contributed by atoms with van der Waals surface area (Å²) in [6.07, 6.45) is -4.31. The maximum Gasteiger partial charge on any atom is 0.471 e. The summed E-state index contributed by atoms with van der Waals surface area (Å²) < 4.78 is 71.8. The summed E-state index contributed by atoms with van der Waals surface area (Å²) in [5.41, 5.74) is 0.699. The molecule has 0 bridgehead atoms. The number of hydrogen-bond donors (Lipinski definition) is 2. The fourth-order valence-corrected chi connectivity index (χ4v) is 3.74. The van der Waals surface area contributed by atoms with Crippen molar-refractivity contribution < 1.29 is 41.0 Å². The van der Waals surface area contributed by atoms with E-state index in [4.69, 9.17) is 9.47 Å². The van der Waals surface area contributed by atoms with Gasteiger partial charge in [-0.05, 0) is 42.7 Å². The number of methoxy groups -OCH3 is 1. The Bertz CT molecular complexity index is 975. The largest absolute Gasteiger partial charge is 0.504 e. The van der Waals surface area contributed by atoms with Gasteiger partial charge in [0.1, 0.15) is 0 Å². The van der Waals surface area contributed by atoms with Crippen molar-refractivity contribution >= 4 is 15.7 Å². The molecule has 2 aromatic rings. The number of rotatable bonds is 9. The molecular formula is C19H20F3NO6S. The van der Waals surface area contributed by atoms with Crippen molar-refractivity contribution in [2.75, 3.05) is 20.4 Å². The molecule has 0 saturated heterocycles. The van der Waals surface area contributed by atoms with Crippen molar-refractivity contribution in [2.24, 2.45) is 0 Å². The molecule has 0 radical (unpaired) electrons. The van der Waals surface area contributed by atoms with Gasteiger partial charge in [-0.1, -0.05) is 12.1 Å². The molecule has 7 nitrogen and oxygen atoms in total. The van der Waals surface area contributed by atoms with Crippen LogP contribution in [0.3, 0.4) is 0 Å². The van der Waals surface area contributed by atoms with Gasteiger partial charge in [0.15, 0.2) is 18.3 Å². The van der Waals surface area contributed by atoms with Crippen molar-refractivity contribution in [3.63, 3.8) is 0 Å². The Hall–Kier alpha value is -2.79. The fraction of sp³-hybridized carbons (Fsp3) is 0.316. The number of aryl methyl sites for hydroxylation is 1. The molecule has 0 aliphatic heterocycles. The number of sulfone groups is 1. The number of alkyl halides is 3. The second-order valence-electron chi connectivity index (χ2n) is 6.18. The number of benzene rings is 2. The molecule has 2 rings (SSSR count). The summed E-state index contributed by atoms with van der Waals surface area (Å²) >= 11 is 0. The molecule has 0 atom stereocenters. The molecule has 30 heavy (non-hydrogen) atoms. The van der Waals surface area contributed by atoms with E-state index in [0.717, 1.165) is 0 Å². The van der Waals surface area contributed by atoms with E-state index in [0.29, 0.717) is 12.0 Å². The number of hydrogen-bond acceptors (Lipinski definition) is 6. The molecule has 164 valence electrons. The highest BCUT2D eigenvalue weighted by Gasteiger charge is 2.38. The normalized spacial score (nSPS) is 11.9. The second-order valence-corrected chi connectivity index (χ2v) is 8.13. The number of nitrogens with one attached hydrogen (secondary N) is 1. The highest BCUT2D eigenvalue weighted by molar-refractivity contribution is 7.91. The molecule has 2 aromatic carbocycles. The number of ether oxygens (including phenoxy) is 2. The zero-order valence-electron chi connectivity index (χ0n) is 15.9. The van der Waals surface area contributed by atoms with Crippen LogP contribution in [0, 0.1) is 0 Å². The number of amides is 1. The van der Waals surface area contributed by atoms with E-state index in [-0.39, 0.29) is 41.0 Å². The van der Waals surface area contributed by atoms with Gasteiger partial charge >= 0.3 is 12.1 Å².